The van der Waals surface area contributed by atoms with Crippen molar-refractivity contribution in [3.63, 3.8) is 0 Å². The van der Waals surface area contributed by atoms with Gasteiger partial charge in [-0.1, -0.05) is 24.3 Å². The van der Waals surface area contributed by atoms with Crippen LogP contribution in [0.3, 0.4) is 0 Å². The minimum absolute atomic E-state index is 0.524. The number of terminal acetylenes is 1. The van der Waals surface area contributed by atoms with E-state index in [9.17, 15) is 0 Å². The second-order valence-corrected chi connectivity index (χ2v) is 4.50. The highest BCUT2D eigenvalue weighted by Crippen LogP contribution is 2.07. The topological polar surface area (TPSA) is 12.9 Å². The van der Waals surface area contributed by atoms with Crippen molar-refractivity contribution in [3.05, 3.63) is 36.5 Å². The number of benzene rings is 1. The molecule has 0 aliphatic rings. The minimum atomic E-state index is -0.524. The Kier molecular flexibility index (Phi) is 2.11. The Balaban J connectivity index is 2.57. The highest BCUT2D eigenvalue weighted by molar-refractivity contribution is 6.61. The van der Waals surface area contributed by atoms with Crippen LogP contribution in [0.2, 0.25) is 0 Å². The zero-order valence-corrected chi connectivity index (χ0v) is 8.61. The number of rotatable bonds is 1. The predicted molar refractivity (Wildman–Crippen MR) is 58.8 cm³/mol. The summed E-state index contributed by atoms with van der Waals surface area (Å²) in [5.74, 6) is 0. The standard InChI is InChI=1S/C11H9NSi/c1-2-13-10-7-9-5-3-4-6-11(9)12-8-10/h1,3-8H,13H2. The number of hydrogen-bond donors (Lipinski definition) is 0. The fraction of sp³-hybridized carbons (Fsp3) is 0. The fourth-order valence-corrected chi connectivity index (χ4v) is 2.07. The van der Waals surface area contributed by atoms with Crippen molar-refractivity contribution >= 4 is 25.6 Å². The van der Waals surface area contributed by atoms with Gasteiger partial charge in [-0.25, -0.2) is 0 Å². The average Bonchev–Trinajstić information content (AvgIpc) is 2.18. The van der Waals surface area contributed by atoms with Gasteiger partial charge in [0, 0.05) is 11.6 Å². The van der Waals surface area contributed by atoms with Gasteiger partial charge in [-0.3, -0.25) is 4.98 Å². The Bertz CT molecular complexity index is 471. The van der Waals surface area contributed by atoms with Gasteiger partial charge in [0.25, 0.3) is 0 Å². The summed E-state index contributed by atoms with van der Waals surface area (Å²) in [6.07, 6.45) is 7.19. The zero-order chi connectivity index (χ0) is 9.10. The van der Waals surface area contributed by atoms with Crippen LogP contribution in [0.5, 0.6) is 0 Å². The monoisotopic (exact) mass is 183 g/mol. The number of nitrogens with zero attached hydrogens (tertiary/aromatic N) is 1. The van der Waals surface area contributed by atoms with E-state index in [1.807, 2.05) is 24.4 Å². The number of hydrogen-bond acceptors (Lipinski definition) is 1. The third-order valence-electron chi connectivity index (χ3n) is 1.95. The highest BCUT2D eigenvalue weighted by atomic mass is 28.2. The third kappa shape index (κ3) is 1.61. The molecule has 0 saturated heterocycles. The van der Waals surface area contributed by atoms with E-state index in [-0.39, 0.29) is 0 Å². The van der Waals surface area contributed by atoms with Crippen LogP contribution in [0.1, 0.15) is 0 Å². The van der Waals surface area contributed by atoms with Gasteiger partial charge >= 0.3 is 0 Å². The van der Waals surface area contributed by atoms with Crippen molar-refractivity contribution in [1.29, 1.82) is 0 Å². The fourth-order valence-electron chi connectivity index (χ4n) is 1.33. The lowest BCUT2D eigenvalue weighted by molar-refractivity contribution is 1.43. The molecule has 0 bridgehead atoms. The molecule has 2 rings (SSSR count). The van der Waals surface area contributed by atoms with E-state index in [0.717, 1.165) is 5.52 Å². The molecule has 0 amide bonds. The van der Waals surface area contributed by atoms with Crippen LogP contribution in [0.15, 0.2) is 36.5 Å². The maximum absolute atomic E-state index is 5.29. The van der Waals surface area contributed by atoms with Gasteiger partial charge in [0.15, 0.2) is 0 Å². The van der Waals surface area contributed by atoms with Gasteiger partial charge in [0.2, 0.25) is 0 Å². The van der Waals surface area contributed by atoms with E-state index in [1.165, 1.54) is 10.6 Å². The second-order valence-electron chi connectivity index (χ2n) is 2.92. The van der Waals surface area contributed by atoms with E-state index in [2.05, 4.69) is 22.7 Å². The Morgan fingerprint density at radius 1 is 1.31 bits per heavy atom. The number of para-hydroxylation sites is 1. The van der Waals surface area contributed by atoms with Crippen LogP contribution in [0, 0.1) is 12.0 Å². The van der Waals surface area contributed by atoms with Crippen LogP contribution in [0.4, 0.5) is 0 Å². The lowest BCUT2D eigenvalue weighted by Crippen LogP contribution is -2.12. The molecule has 2 aromatic rings. The first kappa shape index (κ1) is 8.03. The van der Waals surface area contributed by atoms with Crippen molar-refractivity contribution < 1.29 is 0 Å². The molecule has 62 valence electrons. The maximum Gasteiger partial charge on any atom is 0.139 e. The summed E-state index contributed by atoms with van der Waals surface area (Å²) in [6, 6.07) is 10.2. The van der Waals surface area contributed by atoms with Gasteiger partial charge in [0.05, 0.1) is 5.52 Å². The van der Waals surface area contributed by atoms with E-state index < -0.39 is 9.52 Å². The Morgan fingerprint density at radius 2 is 2.15 bits per heavy atom. The maximum atomic E-state index is 5.29. The van der Waals surface area contributed by atoms with Crippen LogP contribution >= 0.6 is 0 Å². The molecule has 1 aromatic heterocycles. The van der Waals surface area contributed by atoms with Crippen LogP contribution < -0.4 is 5.19 Å². The summed E-state index contributed by atoms with van der Waals surface area (Å²) >= 11 is 0. The molecule has 0 N–H and O–H groups in total. The number of aromatic nitrogens is 1. The molecule has 0 atom stereocenters. The van der Waals surface area contributed by atoms with Crippen molar-refractivity contribution in [1.82, 2.24) is 4.98 Å². The zero-order valence-electron chi connectivity index (χ0n) is 7.20. The summed E-state index contributed by atoms with van der Waals surface area (Å²) in [7, 11) is -0.524. The SMILES string of the molecule is C#C[SiH2]c1cnc2ccccc2c1. The Labute approximate surface area is 79.6 Å². The van der Waals surface area contributed by atoms with Gasteiger partial charge < -0.3 is 0 Å². The molecule has 0 radical (unpaired) electrons. The molecule has 0 fully saturated rings. The van der Waals surface area contributed by atoms with Crippen LogP contribution in [-0.2, 0) is 0 Å². The van der Waals surface area contributed by atoms with Crippen molar-refractivity contribution in [3.8, 4) is 12.0 Å². The van der Waals surface area contributed by atoms with Crippen molar-refractivity contribution in [2.75, 3.05) is 0 Å². The van der Waals surface area contributed by atoms with E-state index >= 15 is 0 Å². The molecule has 1 heterocycles. The smallest absolute Gasteiger partial charge is 0.139 e. The molecule has 0 aliphatic carbocycles. The normalized spacial score (nSPS) is 10.7. The average molecular weight is 183 g/mol. The molecular formula is C11H9NSi. The summed E-state index contributed by atoms with van der Waals surface area (Å²) < 4.78 is 0. The first-order valence-corrected chi connectivity index (χ1v) is 5.59. The van der Waals surface area contributed by atoms with Gasteiger partial charge in [0.1, 0.15) is 9.52 Å². The highest BCUT2D eigenvalue weighted by Gasteiger charge is 1.95. The molecule has 0 saturated carbocycles. The number of fused-ring (bicyclic) bond motifs is 1. The quantitative estimate of drug-likeness (QED) is 0.466. The summed E-state index contributed by atoms with van der Waals surface area (Å²) in [5.41, 5.74) is 3.79. The van der Waals surface area contributed by atoms with Crippen molar-refractivity contribution in [2.45, 2.75) is 0 Å². The molecule has 1 nitrogen and oxygen atoms in total. The molecular weight excluding hydrogens is 174 g/mol. The summed E-state index contributed by atoms with van der Waals surface area (Å²) in [6.45, 7) is 0. The summed E-state index contributed by atoms with van der Waals surface area (Å²) in [5, 5.41) is 2.42. The lowest BCUT2D eigenvalue weighted by atomic mass is 10.2. The number of pyridine rings is 1. The predicted octanol–water partition coefficient (Wildman–Crippen LogP) is 0.620. The molecule has 0 spiro atoms. The Morgan fingerprint density at radius 3 is 3.00 bits per heavy atom. The van der Waals surface area contributed by atoms with Gasteiger partial charge in [-0.2, -0.15) is 0 Å². The lowest BCUT2D eigenvalue weighted by Gasteiger charge is -1.98. The summed E-state index contributed by atoms with van der Waals surface area (Å²) in [4.78, 5) is 4.34. The van der Waals surface area contributed by atoms with E-state index in [0.29, 0.717) is 0 Å². The largest absolute Gasteiger partial charge is 0.256 e. The second kappa shape index (κ2) is 3.42. The van der Waals surface area contributed by atoms with Gasteiger partial charge in [-0.15, -0.1) is 12.0 Å². The van der Waals surface area contributed by atoms with Crippen molar-refractivity contribution in [2.24, 2.45) is 0 Å². The van der Waals surface area contributed by atoms with Crippen LogP contribution in [-0.4, -0.2) is 14.5 Å². The Hall–Kier alpha value is -1.59. The van der Waals surface area contributed by atoms with Gasteiger partial charge in [-0.05, 0) is 11.3 Å². The first-order valence-electron chi connectivity index (χ1n) is 4.17. The third-order valence-corrected chi connectivity index (χ3v) is 2.95. The van der Waals surface area contributed by atoms with E-state index in [4.69, 9.17) is 6.42 Å². The molecule has 1 aromatic carbocycles. The minimum Gasteiger partial charge on any atom is -0.256 e. The molecule has 2 heteroatoms. The van der Waals surface area contributed by atoms with Crippen LogP contribution in [0.25, 0.3) is 10.9 Å². The van der Waals surface area contributed by atoms with E-state index in [1.54, 1.807) is 0 Å². The molecule has 13 heavy (non-hydrogen) atoms. The molecule has 0 aliphatic heterocycles. The molecule has 0 unspecified atom stereocenters. The first-order chi connectivity index (χ1) is 6.40.